The van der Waals surface area contributed by atoms with Crippen LogP contribution in [-0.2, 0) is 4.57 Å². The molecule has 198 valence electrons. The Labute approximate surface area is 221 Å². The molecule has 0 fully saturated rings. The van der Waals surface area contributed by atoms with Crippen LogP contribution in [0.15, 0.2) is 48.5 Å². The van der Waals surface area contributed by atoms with Gasteiger partial charge in [0.2, 0.25) is 5.82 Å². The molecule has 3 aromatic carbocycles. The van der Waals surface area contributed by atoms with Crippen LogP contribution in [0.4, 0.5) is 39.5 Å². The SMILES string of the molecule is O=P1(c2c(F)c(F)c(F)c(F)c2F)c2cc(-c3ccc(F)c(F)c3)sc2-c2sc(-c3ccc(F)c(F)c3)cc21. The number of fused-ring (bicyclic) bond motifs is 3. The van der Waals surface area contributed by atoms with E-state index in [1.807, 2.05) is 0 Å². The molecule has 13 heteroatoms. The van der Waals surface area contributed by atoms with Crippen molar-refractivity contribution in [1.29, 1.82) is 0 Å². The van der Waals surface area contributed by atoms with Gasteiger partial charge in [-0.25, -0.2) is 39.5 Å². The molecule has 6 rings (SSSR count). The lowest BCUT2D eigenvalue weighted by atomic mass is 10.2. The second-order valence-electron chi connectivity index (χ2n) is 8.44. The second-order valence-corrected chi connectivity index (χ2v) is 13.2. The zero-order chi connectivity index (χ0) is 28.0. The van der Waals surface area contributed by atoms with Gasteiger partial charge in [-0.1, -0.05) is 12.1 Å². The molecule has 0 aliphatic carbocycles. The average Bonchev–Trinajstić information content (AvgIpc) is 3.59. The topological polar surface area (TPSA) is 17.1 Å². The minimum absolute atomic E-state index is 0.108. The first-order valence-corrected chi connectivity index (χ1v) is 14.1. The van der Waals surface area contributed by atoms with Crippen LogP contribution in [0.1, 0.15) is 0 Å². The Hall–Kier alpha value is -3.34. The van der Waals surface area contributed by atoms with Crippen LogP contribution in [-0.4, -0.2) is 0 Å². The number of hydrogen-bond donors (Lipinski definition) is 0. The molecule has 0 radical (unpaired) electrons. The fraction of sp³-hybridized carbons (Fsp3) is 0. The van der Waals surface area contributed by atoms with Crippen LogP contribution in [0.3, 0.4) is 0 Å². The second kappa shape index (κ2) is 8.84. The number of halogens is 9. The Morgan fingerprint density at radius 1 is 0.487 bits per heavy atom. The summed E-state index contributed by atoms with van der Waals surface area (Å²) in [5.41, 5.74) is 0.215. The molecular weight excluding hydrogens is 594 g/mol. The van der Waals surface area contributed by atoms with Gasteiger partial charge in [0.15, 0.2) is 53.7 Å². The third-order valence-electron chi connectivity index (χ3n) is 6.22. The predicted octanol–water partition coefficient (Wildman–Crippen LogP) is 8.02. The van der Waals surface area contributed by atoms with Gasteiger partial charge in [-0.15, -0.1) is 22.7 Å². The average molecular weight is 602 g/mol. The molecule has 1 aliphatic heterocycles. The lowest BCUT2D eigenvalue weighted by Gasteiger charge is -2.17. The summed E-state index contributed by atoms with van der Waals surface area (Å²) in [6, 6.07) is 8.08. The number of benzene rings is 3. The van der Waals surface area contributed by atoms with Crippen molar-refractivity contribution < 1.29 is 44.1 Å². The maximum absolute atomic E-state index is 15.1. The summed E-state index contributed by atoms with van der Waals surface area (Å²) in [6.07, 6.45) is 0. The lowest BCUT2D eigenvalue weighted by Crippen LogP contribution is -2.28. The van der Waals surface area contributed by atoms with Crippen LogP contribution in [0.2, 0.25) is 0 Å². The van der Waals surface area contributed by atoms with E-state index in [2.05, 4.69) is 0 Å². The molecule has 0 bridgehead atoms. The molecule has 5 aromatic rings. The molecule has 0 saturated heterocycles. The van der Waals surface area contributed by atoms with Gasteiger partial charge in [0.1, 0.15) is 0 Å². The summed E-state index contributed by atoms with van der Waals surface area (Å²) in [7, 11) is -4.80. The van der Waals surface area contributed by atoms with E-state index in [9.17, 15) is 35.3 Å². The third-order valence-corrected chi connectivity index (χ3v) is 12.1. The minimum Gasteiger partial charge on any atom is -0.308 e. The Bertz CT molecular complexity index is 1780. The molecular formula is C26H8F9OPS2. The van der Waals surface area contributed by atoms with Crippen molar-refractivity contribution in [3.63, 3.8) is 0 Å². The fourth-order valence-corrected chi connectivity index (χ4v) is 10.9. The van der Waals surface area contributed by atoms with E-state index < -0.39 is 64.8 Å². The minimum atomic E-state index is -4.80. The summed E-state index contributed by atoms with van der Waals surface area (Å²) in [6.45, 7) is 0. The van der Waals surface area contributed by atoms with Crippen molar-refractivity contribution >= 4 is 45.7 Å². The Kier molecular flexibility index (Phi) is 5.87. The van der Waals surface area contributed by atoms with Crippen molar-refractivity contribution in [2.45, 2.75) is 0 Å². The fourth-order valence-electron chi connectivity index (χ4n) is 4.38. The van der Waals surface area contributed by atoms with Crippen LogP contribution in [0.25, 0.3) is 30.6 Å². The molecule has 39 heavy (non-hydrogen) atoms. The monoisotopic (exact) mass is 602 g/mol. The quantitative estimate of drug-likeness (QED) is 0.0869. The van der Waals surface area contributed by atoms with E-state index in [1.165, 1.54) is 24.3 Å². The summed E-state index contributed by atoms with van der Waals surface area (Å²) in [4.78, 5) is 0.625. The first kappa shape index (κ1) is 25.9. The van der Waals surface area contributed by atoms with E-state index >= 15 is 8.78 Å². The first-order chi connectivity index (χ1) is 18.4. The highest BCUT2D eigenvalue weighted by Gasteiger charge is 2.49. The van der Waals surface area contributed by atoms with Crippen LogP contribution >= 0.6 is 29.8 Å². The molecule has 2 aromatic heterocycles. The predicted molar refractivity (Wildman–Crippen MR) is 131 cm³/mol. The molecule has 0 spiro atoms. The summed E-state index contributed by atoms with van der Waals surface area (Å²) in [5.74, 6) is -16.3. The summed E-state index contributed by atoms with van der Waals surface area (Å²) in [5, 5.41) is -2.05. The van der Waals surface area contributed by atoms with Crippen molar-refractivity contribution in [2.75, 3.05) is 0 Å². The van der Waals surface area contributed by atoms with Crippen LogP contribution in [0, 0.1) is 52.4 Å². The van der Waals surface area contributed by atoms with Gasteiger partial charge in [-0.05, 0) is 47.5 Å². The highest BCUT2D eigenvalue weighted by atomic mass is 32.1. The van der Waals surface area contributed by atoms with E-state index in [-0.39, 0.29) is 41.2 Å². The third kappa shape index (κ3) is 3.65. The zero-order valence-electron chi connectivity index (χ0n) is 18.7. The summed E-state index contributed by atoms with van der Waals surface area (Å²) < 4.78 is 142. The zero-order valence-corrected chi connectivity index (χ0v) is 21.2. The van der Waals surface area contributed by atoms with Crippen molar-refractivity contribution in [2.24, 2.45) is 0 Å². The molecule has 1 nitrogen and oxygen atoms in total. The Balaban J connectivity index is 1.66. The highest BCUT2D eigenvalue weighted by molar-refractivity contribution is 7.87. The lowest BCUT2D eigenvalue weighted by molar-refractivity contribution is 0.384. The maximum atomic E-state index is 15.1. The highest BCUT2D eigenvalue weighted by Crippen LogP contribution is 2.59. The van der Waals surface area contributed by atoms with E-state index in [0.29, 0.717) is 0 Å². The van der Waals surface area contributed by atoms with Gasteiger partial charge >= 0.3 is 0 Å². The summed E-state index contributed by atoms with van der Waals surface area (Å²) >= 11 is 1.75. The normalized spacial score (nSPS) is 13.6. The smallest absolute Gasteiger partial charge is 0.200 e. The van der Waals surface area contributed by atoms with Gasteiger partial charge in [-0.3, -0.25) is 0 Å². The van der Waals surface area contributed by atoms with Crippen molar-refractivity contribution in [3.8, 4) is 30.6 Å². The standard InChI is InChI=1S/C26H8F9OPS2/c27-11-3-1-9(5-13(11)29)17-7-15-25(38-17)26-16(8-18(39-26)10-2-4-12(28)14(30)6-10)37(15,36)24-22(34)20(32)19(31)21(33)23(24)35/h1-8H. The molecule has 0 saturated carbocycles. The van der Waals surface area contributed by atoms with Crippen molar-refractivity contribution in [3.05, 3.63) is 101 Å². The van der Waals surface area contributed by atoms with Gasteiger partial charge in [0.25, 0.3) is 0 Å². The molecule has 0 N–H and O–H groups in total. The molecule has 0 unspecified atom stereocenters. The number of thiophene rings is 2. The van der Waals surface area contributed by atoms with E-state index in [1.54, 1.807) is 0 Å². The first-order valence-electron chi connectivity index (χ1n) is 10.8. The largest absolute Gasteiger partial charge is 0.308 e. The van der Waals surface area contributed by atoms with Crippen LogP contribution < -0.4 is 15.9 Å². The van der Waals surface area contributed by atoms with Crippen molar-refractivity contribution in [1.82, 2.24) is 0 Å². The van der Waals surface area contributed by atoms with Gasteiger partial charge in [-0.2, -0.15) is 0 Å². The molecule has 0 atom stereocenters. The van der Waals surface area contributed by atoms with Gasteiger partial charge in [0.05, 0.1) is 15.1 Å². The van der Waals surface area contributed by atoms with Gasteiger partial charge < -0.3 is 4.57 Å². The maximum Gasteiger partial charge on any atom is 0.200 e. The molecule has 1 aliphatic rings. The Morgan fingerprint density at radius 3 is 1.26 bits per heavy atom. The number of hydrogen-bond acceptors (Lipinski definition) is 3. The van der Waals surface area contributed by atoms with E-state index in [4.69, 9.17) is 0 Å². The van der Waals surface area contributed by atoms with Gasteiger partial charge in [0, 0.05) is 20.4 Å². The molecule has 3 heterocycles. The van der Waals surface area contributed by atoms with Crippen LogP contribution in [0.5, 0.6) is 0 Å². The Morgan fingerprint density at radius 2 is 0.872 bits per heavy atom. The number of rotatable bonds is 3. The van der Waals surface area contributed by atoms with E-state index in [0.717, 1.165) is 46.9 Å². The molecule has 0 amide bonds.